The second-order valence-corrected chi connectivity index (χ2v) is 11.2. The first kappa shape index (κ1) is 24.2. The Morgan fingerprint density at radius 2 is 1.67 bits per heavy atom. The summed E-state index contributed by atoms with van der Waals surface area (Å²) < 4.78 is 12.4. The van der Waals surface area contributed by atoms with Crippen molar-refractivity contribution in [3.05, 3.63) is 83.6 Å². The van der Waals surface area contributed by atoms with E-state index in [0.717, 1.165) is 46.4 Å². The predicted molar refractivity (Wildman–Crippen MR) is 147 cm³/mol. The van der Waals surface area contributed by atoms with Crippen molar-refractivity contribution in [2.75, 3.05) is 5.32 Å². The van der Waals surface area contributed by atoms with E-state index in [4.69, 9.17) is 9.84 Å². The average molecular weight is 535 g/mol. The lowest BCUT2D eigenvalue weighted by Gasteiger charge is -2.14. The number of aliphatic carboxylic acids is 1. The summed E-state index contributed by atoms with van der Waals surface area (Å²) in [7, 11) is 0. The number of nitrogens with one attached hydrogen (secondary N) is 1. The Hall–Kier alpha value is -3.53. The van der Waals surface area contributed by atoms with E-state index in [0.29, 0.717) is 5.69 Å². The second-order valence-electron chi connectivity index (χ2n) is 8.27. The molecule has 2 aromatic carbocycles. The van der Waals surface area contributed by atoms with Crippen LogP contribution in [0.3, 0.4) is 0 Å². The number of amides is 1. The average Bonchev–Trinajstić information content (AvgIpc) is 3.53. The lowest BCUT2D eigenvalue weighted by molar-refractivity contribution is -0.136. The van der Waals surface area contributed by atoms with Gasteiger partial charge in [0.2, 0.25) is 0 Å². The molecule has 182 valence electrons. The third-order valence-corrected chi connectivity index (χ3v) is 9.13. The zero-order valence-electron chi connectivity index (χ0n) is 19.5. The maximum absolute atomic E-state index is 12.7. The topological polar surface area (TPSA) is 88.5 Å². The molecule has 9 heteroatoms. The van der Waals surface area contributed by atoms with E-state index in [1.54, 1.807) is 22.7 Å². The van der Waals surface area contributed by atoms with Crippen LogP contribution in [0.25, 0.3) is 29.6 Å². The first-order chi connectivity index (χ1) is 17.4. The van der Waals surface area contributed by atoms with Crippen molar-refractivity contribution in [3.63, 3.8) is 0 Å². The molecule has 0 saturated heterocycles. The highest BCUT2D eigenvalue weighted by atomic mass is 32.1. The summed E-state index contributed by atoms with van der Waals surface area (Å²) >= 11 is 4.70. The summed E-state index contributed by atoms with van der Waals surface area (Å²) in [4.78, 5) is 26.6. The summed E-state index contributed by atoms with van der Waals surface area (Å²) in [6, 6.07) is 21.5. The van der Waals surface area contributed by atoms with Crippen molar-refractivity contribution in [1.82, 2.24) is 4.37 Å². The molecule has 0 spiro atoms. The lowest BCUT2D eigenvalue weighted by Crippen LogP contribution is -2.16. The van der Waals surface area contributed by atoms with E-state index >= 15 is 0 Å². The number of aryl methyl sites for hydroxylation is 1. The molecular weight excluding hydrogens is 513 g/mol. The minimum Gasteiger partial charge on any atom is -0.481 e. The molecular formula is C27H22N2O4S3. The Labute approximate surface area is 220 Å². The van der Waals surface area contributed by atoms with Gasteiger partial charge in [0, 0.05) is 14.3 Å². The van der Waals surface area contributed by atoms with Gasteiger partial charge in [-0.15, -0.1) is 22.7 Å². The van der Waals surface area contributed by atoms with Crippen molar-refractivity contribution in [1.29, 1.82) is 0 Å². The normalized spacial score (nSPS) is 11.9. The number of nitrogens with zero attached hydrogens (tertiary/aromatic N) is 1. The van der Waals surface area contributed by atoms with Crippen LogP contribution in [0.5, 0.6) is 0 Å². The van der Waals surface area contributed by atoms with Crippen LogP contribution in [0, 0.1) is 6.92 Å². The molecule has 3 heterocycles. The number of rotatable bonds is 7. The first-order valence-corrected chi connectivity index (χ1v) is 13.6. The van der Waals surface area contributed by atoms with Crippen molar-refractivity contribution < 1.29 is 19.4 Å². The smallest absolute Gasteiger partial charge is 0.412 e. The highest BCUT2D eigenvalue weighted by Crippen LogP contribution is 2.45. The number of carboxylic acids is 1. The second kappa shape index (κ2) is 10.2. The molecule has 1 atom stereocenters. The molecule has 5 rings (SSSR count). The number of hydrogen-bond acceptors (Lipinski definition) is 7. The summed E-state index contributed by atoms with van der Waals surface area (Å²) in [5.74, 6) is -0.835. The molecule has 0 aliphatic heterocycles. The van der Waals surface area contributed by atoms with Crippen LogP contribution in [0.4, 0.5) is 10.5 Å². The molecule has 3 aromatic heterocycles. The number of aromatic nitrogens is 1. The van der Waals surface area contributed by atoms with Crippen LogP contribution in [0.2, 0.25) is 0 Å². The fourth-order valence-electron chi connectivity index (χ4n) is 3.82. The van der Waals surface area contributed by atoms with Crippen LogP contribution in [-0.2, 0) is 16.0 Å². The van der Waals surface area contributed by atoms with Gasteiger partial charge in [-0.1, -0.05) is 54.6 Å². The molecule has 0 aliphatic rings. The number of anilines is 1. The Balaban J connectivity index is 1.33. The third kappa shape index (κ3) is 5.18. The van der Waals surface area contributed by atoms with E-state index < -0.39 is 12.1 Å². The maximum atomic E-state index is 12.7. The van der Waals surface area contributed by atoms with Gasteiger partial charge in [-0.3, -0.25) is 10.1 Å². The maximum Gasteiger partial charge on any atom is 0.412 e. The van der Waals surface area contributed by atoms with Crippen molar-refractivity contribution >= 4 is 61.4 Å². The quantitative estimate of drug-likeness (QED) is 0.221. The SMILES string of the molecule is Cc1nsc(-c2cc3sc(-c4ccc(CC(=O)O)cc4)cc3s2)c1NC(=O)O[C@H](C)c1ccccc1. The molecule has 0 saturated carbocycles. The van der Waals surface area contributed by atoms with Gasteiger partial charge < -0.3 is 9.84 Å². The number of carboxylic acid groups (broad SMARTS) is 1. The summed E-state index contributed by atoms with van der Waals surface area (Å²) in [6.07, 6.45) is -0.861. The van der Waals surface area contributed by atoms with Crippen molar-refractivity contribution in [3.8, 4) is 20.2 Å². The molecule has 6 nitrogen and oxygen atoms in total. The number of hydrogen-bond donors (Lipinski definition) is 2. The summed E-state index contributed by atoms with van der Waals surface area (Å²) in [5.41, 5.74) is 4.19. The highest BCUT2D eigenvalue weighted by molar-refractivity contribution is 7.32. The summed E-state index contributed by atoms with van der Waals surface area (Å²) in [6.45, 7) is 3.72. The van der Waals surface area contributed by atoms with Crippen LogP contribution in [0.15, 0.2) is 66.7 Å². The molecule has 2 N–H and O–H groups in total. The van der Waals surface area contributed by atoms with Gasteiger partial charge in [0.1, 0.15) is 6.10 Å². The van der Waals surface area contributed by atoms with Gasteiger partial charge in [0.25, 0.3) is 0 Å². The number of fused-ring (bicyclic) bond motifs is 1. The van der Waals surface area contributed by atoms with Crippen molar-refractivity contribution in [2.24, 2.45) is 0 Å². The van der Waals surface area contributed by atoms with Gasteiger partial charge in [0.05, 0.1) is 27.6 Å². The minimum atomic E-state index is -0.835. The zero-order valence-corrected chi connectivity index (χ0v) is 21.9. The molecule has 36 heavy (non-hydrogen) atoms. The molecule has 0 radical (unpaired) electrons. The molecule has 0 bridgehead atoms. The molecule has 0 aliphatic carbocycles. The minimum absolute atomic E-state index is 0.0204. The number of ether oxygens (including phenoxy) is 1. The Bertz CT molecular complexity index is 1500. The summed E-state index contributed by atoms with van der Waals surface area (Å²) in [5, 5.41) is 11.9. The fourth-order valence-corrected chi connectivity index (χ4v) is 7.16. The van der Waals surface area contributed by atoms with Crippen LogP contribution >= 0.6 is 34.2 Å². The van der Waals surface area contributed by atoms with E-state index in [1.807, 2.05) is 68.4 Å². The van der Waals surface area contributed by atoms with E-state index in [2.05, 4.69) is 21.8 Å². The number of thiophene rings is 2. The predicted octanol–water partition coefficient (Wildman–Crippen LogP) is 8.00. The van der Waals surface area contributed by atoms with Crippen LogP contribution in [-0.4, -0.2) is 21.5 Å². The first-order valence-electron chi connectivity index (χ1n) is 11.2. The standard InChI is InChI=1S/C27H22N2O4S3/c1-15-25(28-27(32)33-16(2)18-6-4-3-5-7-18)26(36-29-15)23-14-22-21(35-23)13-20(34-22)19-10-8-17(9-11-19)12-24(30)31/h3-11,13-14,16H,12H2,1-2H3,(H,28,32)(H,30,31)/t16-/m1/s1. The van der Waals surface area contributed by atoms with Gasteiger partial charge in [0.15, 0.2) is 0 Å². The lowest BCUT2D eigenvalue weighted by atomic mass is 10.1. The Morgan fingerprint density at radius 1 is 1.00 bits per heavy atom. The largest absolute Gasteiger partial charge is 0.481 e. The Kier molecular flexibility index (Phi) is 6.86. The van der Waals surface area contributed by atoms with E-state index in [-0.39, 0.29) is 12.5 Å². The number of carbonyl (C=O) groups excluding carboxylic acids is 1. The van der Waals surface area contributed by atoms with Crippen molar-refractivity contribution in [2.45, 2.75) is 26.4 Å². The van der Waals surface area contributed by atoms with Gasteiger partial charge >= 0.3 is 12.1 Å². The highest BCUT2D eigenvalue weighted by Gasteiger charge is 2.20. The van der Waals surface area contributed by atoms with Gasteiger partial charge in [-0.05, 0) is 54.2 Å². The van der Waals surface area contributed by atoms with Gasteiger partial charge in [-0.2, -0.15) is 4.37 Å². The molecule has 0 fully saturated rings. The number of benzene rings is 2. The molecule has 1 amide bonds. The molecule has 0 unspecified atom stereocenters. The number of carbonyl (C=O) groups is 2. The Morgan fingerprint density at radius 3 is 2.36 bits per heavy atom. The van der Waals surface area contributed by atoms with Gasteiger partial charge in [-0.25, -0.2) is 4.79 Å². The molecule has 5 aromatic rings. The van der Waals surface area contributed by atoms with E-state index in [9.17, 15) is 9.59 Å². The van der Waals surface area contributed by atoms with E-state index in [1.165, 1.54) is 11.5 Å². The van der Waals surface area contributed by atoms with Crippen LogP contribution < -0.4 is 5.32 Å². The monoisotopic (exact) mass is 534 g/mol. The third-order valence-electron chi connectivity index (χ3n) is 5.67. The zero-order chi connectivity index (χ0) is 25.2. The van der Waals surface area contributed by atoms with Crippen LogP contribution in [0.1, 0.15) is 29.8 Å². The fraction of sp³-hybridized carbons (Fsp3) is 0.148.